The second-order valence-electron chi connectivity index (χ2n) is 6.12. The summed E-state index contributed by atoms with van der Waals surface area (Å²) in [7, 11) is 0. The third kappa shape index (κ3) is 2.68. The third-order valence-corrected chi connectivity index (χ3v) is 4.52. The SMILES string of the molecule is Cc1cc(C)c2cc(C(=O)N[C@H]3CCCNC3)[nH]c2c1C. The van der Waals surface area contributed by atoms with Crippen molar-refractivity contribution in [2.75, 3.05) is 13.1 Å². The predicted octanol–water partition coefficient (Wildman–Crippen LogP) is 2.57. The predicted molar refractivity (Wildman–Crippen MR) is 85.9 cm³/mol. The topological polar surface area (TPSA) is 56.9 Å². The Morgan fingerprint density at radius 3 is 2.76 bits per heavy atom. The highest BCUT2D eigenvalue weighted by atomic mass is 16.1. The second-order valence-corrected chi connectivity index (χ2v) is 6.12. The van der Waals surface area contributed by atoms with Crippen molar-refractivity contribution in [3.63, 3.8) is 0 Å². The Morgan fingerprint density at radius 2 is 2.05 bits per heavy atom. The summed E-state index contributed by atoms with van der Waals surface area (Å²) in [6.45, 7) is 8.21. The molecule has 4 nitrogen and oxygen atoms in total. The van der Waals surface area contributed by atoms with Gasteiger partial charge in [0.05, 0.1) is 0 Å². The number of H-pyrrole nitrogens is 1. The number of fused-ring (bicyclic) bond motifs is 1. The lowest BCUT2D eigenvalue weighted by Crippen LogP contribution is -2.45. The number of amides is 1. The molecule has 1 aromatic heterocycles. The van der Waals surface area contributed by atoms with Crippen molar-refractivity contribution in [1.82, 2.24) is 15.6 Å². The smallest absolute Gasteiger partial charge is 0.267 e. The van der Waals surface area contributed by atoms with Gasteiger partial charge in [0.15, 0.2) is 0 Å². The maximum Gasteiger partial charge on any atom is 0.267 e. The van der Waals surface area contributed by atoms with Crippen LogP contribution in [0.15, 0.2) is 12.1 Å². The molecule has 0 aliphatic carbocycles. The molecule has 0 bridgehead atoms. The molecule has 21 heavy (non-hydrogen) atoms. The van der Waals surface area contributed by atoms with Gasteiger partial charge in [-0.2, -0.15) is 0 Å². The molecule has 1 aliphatic heterocycles. The summed E-state index contributed by atoms with van der Waals surface area (Å²) >= 11 is 0. The highest BCUT2D eigenvalue weighted by Gasteiger charge is 2.18. The van der Waals surface area contributed by atoms with E-state index in [-0.39, 0.29) is 11.9 Å². The highest BCUT2D eigenvalue weighted by molar-refractivity contribution is 6.00. The molecule has 1 aliphatic rings. The van der Waals surface area contributed by atoms with Crippen molar-refractivity contribution in [3.05, 3.63) is 34.5 Å². The number of carbonyl (C=O) groups is 1. The zero-order valence-corrected chi connectivity index (χ0v) is 13.0. The summed E-state index contributed by atoms with van der Waals surface area (Å²) < 4.78 is 0. The molecule has 1 saturated heterocycles. The Morgan fingerprint density at radius 1 is 1.24 bits per heavy atom. The van der Waals surface area contributed by atoms with Crippen molar-refractivity contribution in [1.29, 1.82) is 0 Å². The molecular formula is C17H23N3O. The number of rotatable bonds is 2. The number of aromatic amines is 1. The number of hydrogen-bond donors (Lipinski definition) is 3. The number of piperidine rings is 1. The molecule has 1 atom stereocenters. The molecule has 0 unspecified atom stereocenters. The molecular weight excluding hydrogens is 262 g/mol. The van der Waals surface area contributed by atoms with E-state index in [0.717, 1.165) is 36.8 Å². The monoisotopic (exact) mass is 285 g/mol. The average Bonchev–Trinajstić information content (AvgIpc) is 2.92. The molecule has 112 valence electrons. The summed E-state index contributed by atoms with van der Waals surface area (Å²) in [6.07, 6.45) is 2.17. The summed E-state index contributed by atoms with van der Waals surface area (Å²) in [4.78, 5) is 15.7. The van der Waals surface area contributed by atoms with Crippen LogP contribution >= 0.6 is 0 Å². The van der Waals surface area contributed by atoms with Gasteiger partial charge in [-0.1, -0.05) is 6.07 Å². The van der Waals surface area contributed by atoms with E-state index >= 15 is 0 Å². The molecule has 3 rings (SSSR count). The number of hydrogen-bond acceptors (Lipinski definition) is 2. The van der Waals surface area contributed by atoms with Crippen LogP contribution in [0.1, 0.15) is 40.0 Å². The normalized spacial score (nSPS) is 18.9. The summed E-state index contributed by atoms with van der Waals surface area (Å²) in [5, 5.41) is 7.58. The van der Waals surface area contributed by atoms with Crippen LogP contribution in [0.4, 0.5) is 0 Å². The molecule has 1 fully saturated rings. The van der Waals surface area contributed by atoms with E-state index in [0.29, 0.717) is 5.69 Å². The van der Waals surface area contributed by atoms with Crippen molar-refractivity contribution in [2.24, 2.45) is 0 Å². The minimum Gasteiger partial charge on any atom is -0.350 e. The van der Waals surface area contributed by atoms with Gasteiger partial charge in [-0.25, -0.2) is 0 Å². The molecule has 1 amide bonds. The Labute approximate surface area is 125 Å². The molecule has 0 saturated carbocycles. The minimum absolute atomic E-state index is 0.00338. The van der Waals surface area contributed by atoms with Gasteiger partial charge in [0.2, 0.25) is 0 Å². The Hall–Kier alpha value is -1.81. The Kier molecular flexibility index (Phi) is 3.72. The Balaban J connectivity index is 1.88. The van der Waals surface area contributed by atoms with Gasteiger partial charge < -0.3 is 15.6 Å². The largest absolute Gasteiger partial charge is 0.350 e. The van der Waals surface area contributed by atoms with Gasteiger partial charge >= 0.3 is 0 Å². The van der Waals surface area contributed by atoms with Gasteiger partial charge in [-0.3, -0.25) is 4.79 Å². The molecule has 2 heterocycles. The molecule has 2 aromatic rings. The van der Waals surface area contributed by atoms with E-state index < -0.39 is 0 Å². The number of benzene rings is 1. The van der Waals surface area contributed by atoms with Crippen molar-refractivity contribution < 1.29 is 4.79 Å². The van der Waals surface area contributed by atoms with E-state index in [9.17, 15) is 4.79 Å². The first-order valence-corrected chi connectivity index (χ1v) is 7.67. The summed E-state index contributed by atoms with van der Waals surface area (Å²) in [5.41, 5.74) is 5.42. The van der Waals surface area contributed by atoms with Crippen LogP contribution in [0.25, 0.3) is 10.9 Å². The van der Waals surface area contributed by atoms with E-state index in [1.807, 2.05) is 6.07 Å². The first-order valence-electron chi connectivity index (χ1n) is 7.67. The van der Waals surface area contributed by atoms with E-state index in [1.54, 1.807) is 0 Å². The van der Waals surface area contributed by atoms with Gasteiger partial charge in [0.1, 0.15) is 5.69 Å². The summed E-state index contributed by atoms with van der Waals surface area (Å²) in [5.74, 6) is -0.00338. The molecule has 4 heteroatoms. The van der Waals surface area contributed by atoms with E-state index in [1.165, 1.54) is 16.7 Å². The first kappa shape index (κ1) is 14.1. The van der Waals surface area contributed by atoms with Crippen LogP contribution in [0.2, 0.25) is 0 Å². The summed E-state index contributed by atoms with van der Waals surface area (Å²) in [6, 6.07) is 4.39. The maximum atomic E-state index is 12.4. The lowest BCUT2D eigenvalue weighted by molar-refractivity contribution is 0.0926. The Bertz CT molecular complexity index is 681. The zero-order valence-electron chi connectivity index (χ0n) is 13.0. The number of aryl methyl sites for hydroxylation is 3. The molecule has 3 N–H and O–H groups in total. The molecule has 0 spiro atoms. The van der Waals surface area contributed by atoms with Crippen LogP contribution in [0.5, 0.6) is 0 Å². The fourth-order valence-corrected chi connectivity index (χ4v) is 3.13. The van der Waals surface area contributed by atoms with E-state index in [4.69, 9.17) is 0 Å². The quantitative estimate of drug-likeness (QED) is 0.794. The van der Waals surface area contributed by atoms with Crippen LogP contribution in [0, 0.1) is 20.8 Å². The number of carbonyl (C=O) groups excluding carboxylic acids is 1. The van der Waals surface area contributed by atoms with Crippen molar-refractivity contribution >= 4 is 16.8 Å². The van der Waals surface area contributed by atoms with Gasteiger partial charge in [0.25, 0.3) is 5.91 Å². The lowest BCUT2D eigenvalue weighted by atomic mass is 10.0. The average molecular weight is 285 g/mol. The van der Waals surface area contributed by atoms with Crippen LogP contribution in [-0.4, -0.2) is 30.0 Å². The van der Waals surface area contributed by atoms with Crippen LogP contribution < -0.4 is 10.6 Å². The standard InChI is InChI=1S/C17H23N3O/c1-10-7-11(2)14-8-15(20-16(14)12(10)3)17(21)19-13-5-4-6-18-9-13/h7-8,13,18,20H,4-6,9H2,1-3H3,(H,19,21)/t13-/m0/s1. The highest BCUT2D eigenvalue weighted by Crippen LogP contribution is 2.25. The molecule has 1 aromatic carbocycles. The minimum atomic E-state index is -0.00338. The molecule has 0 radical (unpaired) electrons. The van der Waals surface area contributed by atoms with E-state index in [2.05, 4.69) is 42.5 Å². The number of nitrogens with one attached hydrogen (secondary N) is 3. The number of aromatic nitrogens is 1. The fraction of sp³-hybridized carbons (Fsp3) is 0.471. The van der Waals surface area contributed by atoms with Crippen molar-refractivity contribution in [3.8, 4) is 0 Å². The van der Waals surface area contributed by atoms with Crippen LogP contribution in [-0.2, 0) is 0 Å². The van der Waals surface area contributed by atoms with Gasteiger partial charge in [-0.05, 0) is 62.9 Å². The van der Waals surface area contributed by atoms with Gasteiger partial charge in [0, 0.05) is 23.5 Å². The fourth-order valence-electron chi connectivity index (χ4n) is 3.13. The van der Waals surface area contributed by atoms with Gasteiger partial charge in [-0.15, -0.1) is 0 Å². The lowest BCUT2D eigenvalue weighted by Gasteiger charge is -2.23. The third-order valence-electron chi connectivity index (χ3n) is 4.52. The first-order chi connectivity index (χ1) is 10.1. The van der Waals surface area contributed by atoms with Crippen molar-refractivity contribution in [2.45, 2.75) is 39.7 Å². The zero-order chi connectivity index (χ0) is 15.0. The maximum absolute atomic E-state index is 12.4. The van der Waals surface area contributed by atoms with Crippen LogP contribution in [0.3, 0.4) is 0 Å². The second kappa shape index (κ2) is 5.53.